The molecule has 0 heterocycles. The van der Waals surface area contributed by atoms with Crippen molar-refractivity contribution in [3.05, 3.63) is 50.4 Å². The van der Waals surface area contributed by atoms with Gasteiger partial charge in [0, 0.05) is 11.3 Å². The third-order valence-electron chi connectivity index (χ3n) is 2.75. The SMILES string of the molecule is COc1ccc(NC(=O)c2cc(Cl)c(N)c(Cl)c2)cc1Br. The number of hydrogen-bond acceptors (Lipinski definition) is 3. The average Bonchev–Trinajstić information content (AvgIpc) is 2.44. The van der Waals surface area contributed by atoms with Crippen LogP contribution in [0.1, 0.15) is 10.4 Å². The number of carbonyl (C=O) groups excluding carboxylic acids is 1. The first-order valence-corrected chi connectivity index (χ1v) is 7.36. The number of carbonyl (C=O) groups is 1. The number of amides is 1. The standard InChI is InChI=1S/C14H11BrCl2N2O2/c1-21-12-3-2-8(6-9(12)15)19-14(20)7-4-10(16)13(18)11(17)5-7/h2-6H,18H2,1H3,(H,19,20). The Morgan fingerprint density at radius 1 is 1.24 bits per heavy atom. The van der Waals surface area contributed by atoms with E-state index in [1.807, 2.05) is 0 Å². The first-order chi connectivity index (χ1) is 9.92. The Kier molecular flexibility index (Phi) is 4.98. The number of nitrogens with two attached hydrogens (primary N) is 1. The fraction of sp³-hybridized carbons (Fsp3) is 0.0714. The number of nitrogen functional groups attached to an aromatic ring is 1. The molecule has 4 nitrogen and oxygen atoms in total. The van der Waals surface area contributed by atoms with E-state index in [1.165, 1.54) is 12.1 Å². The minimum absolute atomic E-state index is 0.239. The van der Waals surface area contributed by atoms with Gasteiger partial charge in [0.1, 0.15) is 5.75 Å². The van der Waals surface area contributed by atoms with Crippen LogP contribution in [0, 0.1) is 0 Å². The van der Waals surface area contributed by atoms with Gasteiger partial charge in [0.15, 0.2) is 0 Å². The van der Waals surface area contributed by atoms with Crippen molar-refractivity contribution >= 4 is 56.4 Å². The van der Waals surface area contributed by atoms with E-state index in [1.54, 1.807) is 25.3 Å². The number of hydrogen-bond donors (Lipinski definition) is 2. The molecule has 21 heavy (non-hydrogen) atoms. The lowest BCUT2D eigenvalue weighted by Gasteiger charge is -2.09. The summed E-state index contributed by atoms with van der Waals surface area (Å²) in [6.07, 6.45) is 0. The van der Waals surface area contributed by atoms with Crippen molar-refractivity contribution in [3.63, 3.8) is 0 Å². The molecule has 0 unspecified atom stereocenters. The van der Waals surface area contributed by atoms with Crippen molar-refractivity contribution in [2.24, 2.45) is 0 Å². The summed E-state index contributed by atoms with van der Waals surface area (Å²) in [6.45, 7) is 0. The second-order valence-electron chi connectivity index (χ2n) is 4.16. The number of halogens is 3. The van der Waals surface area contributed by atoms with Crippen molar-refractivity contribution in [2.75, 3.05) is 18.2 Å². The summed E-state index contributed by atoms with van der Waals surface area (Å²) in [6, 6.07) is 8.13. The van der Waals surface area contributed by atoms with Gasteiger partial charge < -0.3 is 15.8 Å². The van der Waals surface area contributed by atoms with E-state index in [0.29, 0.717) is 17.0 Å². The highest BCUT2D eigenvalue weighted by Gasteiger charge is 2.12. The summed E-state index contributed by atoms with van der Waals surface area (Å²) in [5.41, 5.74) is 6.82. The van der Waals surface area contributed by atoms with E-state index in [9.17, 15) is 4.79 Å². The van der Waals surface area contributed by atoms with Gasteiger partial charge in [-0.05, 0) is 46.3 Å². The molecule has 0 aliphatic carbocycles. The Morgan fingerprint density at radius 2 is 1.86 bits per heavy atom. The Morgan fingerprint density at radius 3 is 2.38 bits per heavy atom. The number of anilines is 2. The quantitative estimate of drug-likeness (QED) is 0.754. The molecule has 0 saturated carbocycles. The minimum atomic E-state index is -0.337. The van der Waals surface area contributed by atoms with E-state index in [4.69, 9.17) is 33.7 Å². The molecule has 110 valence electrons. The first-order valence-electron chi connectivity index (χ1n) is 5.81. The Labute approximate surface area is 140 Å². The maximum absolute atomic E-state index is 12.2. The lowest BCUT2D eigenvalue weighted by Crippen LogP contribution is -2.12. The van der Waals surface area contributed by atoms with Crippen LogP contribution in [0.3, 0.4) is 0 Å². The molecule has 0 aliphatic heterocycles. The maximum atomic E-state index is 12.2. The van der Waals surface area contributed by atoms with Crippen molar-refractivity contribution in [2.45, 2.75) is 0 Å². The monoisotopic (exact) mass is 388 g/mol. The van der Waals surface area contributed by atoms with Crippen LogP contribution >= 0.6 is 39.1 Å². The topological polar surface area (TPSA) is 64.3 Å². The molecule has 0 aliphatic rings. The predicted octanol–water partition coefficient (Wildman–Crippen LogP) is 4.60. The molecule has 0 aromatic heterocycles. The third-order valence-corrected chi connectivity index (χ3v) is 4.00. The zero-order chi connectivity index (χ0) is 15.6. The summed E-state index contributed by atoms with van der Waals surface area (Å²) >= 11 is 15.2. The predicted molar refractivity (Wildman–Crippen MR) is 89.5 cm³/mol. The van der Waals surface area contributed by atoms with Gasteiger partial charge in [-0.1, -0.05) is 23.2 Å². The second-order valence-corrected chi connectivity index (χ2v) is 5.83. The van der Waals surface area contributed by atoms with Crippen molar-refractivity contribution < 1.29 is 9.53 Å². The molecule has 2 aromatic rings. The van der Waals surface area contributed by atoms with Gasteiger partial charge in [-0.15, -0.1) is 0 Å². The normalized spacial score (nSPS) is 10.3. The smallest absolute Gasteiger partial charge is 0.255 e. The number of methoxy groups -OCH3 is 1. The molecule has 0 spiro atoms. The third kappa shape index (κ3) is 3.61. The Bertz CT molecular complexity index is 684. The summed E-state index contributed by atoms with van der Waals surface area (Å²) in [5, 5.41) is 3.22. The number of benzene rings is 2. The molecule has 0 atom stereocenters. The van der Waals surface area contributed by atoms with Crippen LogP contribution in [-0.4, -0.2) is 13.0 Å². The van der Waals surface area contributed by atoms with E-state index in [-0.39, 0.29) is 21.6 Å². The van der Waals surface area contributed by atoms with Crippen LogP contribution in [0.15, 0.2) is 34.8 Å². The van der Waals surface area contributed by atoms with Crippen molar-refractivity contribution in [3.8, 4) is 5.75 Å². The minimum Gasteiger partial charge on any atom is -0.496 e. The van der Waals surface area contributed by atoms with Gasteiger partial charge >= 0.3 is 0 Å². The van der Waals surface area contributed by atoms with Crippen LogP contribution in [0.5, 0.6) is 5.75 Å². The second kappa shape index (κ2) is 6.56. The molecule has 0 radical (unpaired) electrons. The molecule has 0 fully saturated rings. The fourth-order valence-corrected chi connectivity index (χ4v) is 2.69. The van der Waals surface area contributed by atoms with Crippen LogP contribution < -0.4 is 15.8 Å². The fourth-order valence-electron chi connectivity index (χ4n) is 1.66. The van der Waals surface area contributed by atoms with Crippen LogP contribution in [0.25, 0.3) is 0 Å². The van der Waals surface area contributed by atoms with Gasteiger partial charge in [0.05, 0.1) is 27.3 Å². The van der Waals surface area contributed by atoms with E-state index in [0.717, 1.165) is 4.47 Å². The first kappa shape index (κ1) is 15.9. The largest absolute Gasteiger partial charge is 0.496 e. The lowest BCUT2D eigenvalue weighted by atomic mass is 10.2. The highest BCUT2D eigenvalue weighted by atomic mass is 79.9. The number of rotatable bonds is 3. The van der Waals surface area contributed by atoms with Crippen molar-refractivity contribution in [1.29, 1.82) is 0 Å². The zero-order valence-electron chi connectivity index (χ0n) is 10.9. The van der Waals surface area contributed by atoms with Gasteiger partial charge in [0.2, 0.25) is 0 Å². The Hall–Kier alpha value is -1.43. The molecular weight excluding hydrogens is 379 g/mol. The van der Waals surface area contributed by atoms with Crippen LogP contribution in [-0.2, 0) is 0 Å². The molecule has 3 N–H and O–H groups in total. The number of ether oxygens (including phenoxy) is 1. The van der Waals surface area contributed by atoms with Gasteiger partial charge in [0.25, 0.3) is 5.91 Å². The van der Waals surface area contributed by atoms with Gasteiger partial charge in [-0.25, -0.2) is 0 Å². The summed E-state index contributed by atoms with van der Waals surface area (Å²) < 4.78 is 5.86. The molecular formula is C14H11BrCl2N2O2. The molecule has 2 rings (SSSR count). The van der Waals surface area contributed by atoms with E-state index in [2.05, 4.69) is 21.2 Å². The van der Waals surface area contributed by atoms with E-state index < -0.39 is 0 Å². The molecule has 7 heteroatoms. The van der Waals surface area contributed by atoms with Crippen LogP contribution in [0.2, 0.25) is 10.0 Å². The summed E-state index contributed by atoms with van der Waals surface area (Å²) in [7, 11) is 1.57. The van der Waals surface area contributed by atoms with Crippen molar-refractivity contribution in [1.82, 2.24) is 0 Å². The summed E-state index contributed by atoms with van der Waals surface area (Å²) in [5.74, 6) is 0.336. The van der Waals surface area contributed by atoms with Gasteiger partial charge in [-0.2, -0.15) is 0 Å². The number of nitrogens with one attached hydrogen (secondary N) is 1. The highest BCUT2D eigenvalue weighted by molar-refractivity contribution is 9.10. The molecule has 0 bridgehead atoms. The zero-order valence-corrected chi connectivity index (χ0v) is 14.0. The van der Waals surface area contributed by atoms with E-state index >= 15 is 0 Å². The maximum Gasteiger partial charge on any atom is 0.255 e. The Balaban J connectivity index is 2.24. The summed E-state index contributed by atoms with van der Waals surface area (Å²) in [4.78, 5) is 12.2. The van der Waals surface area contributed by atoms with Crippen LogP contribution in [0.4, 0.5) is 11.4 Å². The molecule has 0 saturated heterocycles. The molecule has 1 amide bonds. The average molecular weight is 390 g/mol. The van der Waals surface area contributed by atoms with Gasteiger partial charge in [-0.3, -0.25) is 4.79 Å². The highest BCUT2D eigenvalue weighted by Crippen LogP contribution is 2.30. The lowest BCUT2D eigenvalue weighted by molar-refractivity contribution is 0.102. The molecule has 2 aromatic carbocycles.